The zero-order chi connectivity index (χ0) is 8.32. The van der Waals surface area contributed by atoms with Gasteiger partial charge in [-0.15, -0.1) is 0 Å². The van der Waals surface area contributed by atoms with E-state index in [1.54, 1.807) is 0 Å². The van der Waals surface area contributed by atoms with Gasteiger partial charge in [0.05, 0.1) is 11.5 Å². The predicted octanol–water partition coefficient (Wildman–Crippen LogP) is 3.12. The van der Waals surface area contributed by atoms with Crippen LogP contribution in [0.2, 0.25) is 0 Å². The molecule has 0 N–H and O–H groups in total. The Morgan fingerprint density at radius 2 is 1.91 bits per heavy atom. The van der Waals surface area contributed by atoms with Crippen molar-refractivity contribution in [3.8, 4) is 6.07 Å². The van der Waals surface area contributed by atoms with Gasteiger partial charge in [0, 0.05) is 0 Å². The van der Waals surface area contributed by atoms with E-state index in [-0.39, 0.29) is 5.41 Å². The van der Waals surface area contributed by atoms with Gasteiger partial charge in [0.2, 0.25) is 0 Å². The Kier molecular flexibility index (Phi) is 2.54. The van der Waals surface area contributed by atoms with Crippen molar-refractivity contribution in [2.24, 2.45) is 11.3 Å². The lowest BCUT2D eigenvalue weighted by molar-refractivity contribution is 0.321. The molecule has 0 bridgehead atoms. The van der Waals surface area contributed by atoms with E-state index in [9.17, 15) is 0 Å². The van der Waals surface area contributed by atoms with Crippen molar-refractivity contribution in [1.29, 1.82) is 5.26 Å². The Labute approximate surface area is 69.4 Å². The fourth-order valence-corrected chi connectivity index (χ4v) is 2.19. The highest BCUT2D eigenvalue weighted by molar-refractivity contribution is 5.02. The molecule has 1 saturated carbocycles. The van der Waals surface area contributed by atoms with Crippen LogP contribution in [0.3, 0.4) is 0 Å². The average Bonchev–Trinajstić information content (AvgIpc) is 2.36. The van der Waals surface area contributed by atoms with Crippen LogP contribution < -0.4 is 0 Å². The first-order valence-corrected chi connectivity index (χ1v) is 4.60. The summed E-state index contributed by atoms with van der Waals surface area (Å²) in [6.45, 7) is 4.41. The zero-order valence-corrected chi connectivity index (χ0v) is 7.56. The first-order chi connectivity index (χ1) is 5.18. The van der Waals surface area contributed by atoms with Crippen molar-refractivity contribution in [1.82, 2.24) is 0 Å². The van der Waals surface area contributed by atoms with Gasteiger partial charge in [-0.2, -0.15) is 5.26 Å². The smallest absolute Gasteiger partial charge is 0.0689 e. The highest BCUT2D eigenvalue weighted by Gasteiger charge is 2.34. The topological polar surface area (TPSA) is 23.8 Å². The molecule has 0 spiro atoms. The van der Waals surface area contributed by atoms with Crippen LogP contribution in [-0.2, 0) is 0 Å². The third kappa shape index (κ3) is 1.96. The van der Waals surface area contributed by atoms with Crippen LogP contribution in [0.4, 0.5) is 0 Å². The van der Waals surface area contributed by atoms with Crippen LogP contribution in [0.1, 0.15) is 46.0 Å². The summed E-state index contributed by atoms with van der Waals surface area (Å²) in [5, 5.41) is 9.02. The van der Waals surface area contributed by atoms with Crippen molar-refractivity contribution >= 4 is 0 Å². The van der Waals surface area contributed by atoms with E-state index in [4.69, 9.17) is 5.26 Å². The molecular formula is C10H17N. The molecule has 1 aliphatic carbocycles. The number of hydrogen-bond acceptors (Lipinski definition) is 1. The molecule has 0 aliphatic heterocycles. The van der Waals surface area contributed by atoms with Crippen LogP contribution in [0.5, 0.6) is 0 Å². The minimum absolute atomic E-state index is 0.0637. The quantitative estimate of drug-likeness (QED) is 0.595. The van der Waals surface area contributed by atoms with E-state index in [1.165, 1.54) is 12.8 Å². The molecule has 62 valence electrons. The molecule has 1 heteroatoms. The van der Waals surface area contributed by atoms with Crippen LogP contribution in [0.15, 0.2) is 0 Å². The number of hydrogen-bond donors (Lipinski definition) is 0. The Morgan fingerprint density at radius 1 is 1.36 bits per heavy atom. The summed E-state index contributed by atoms with van der Waals surface area (Å²) in [7, 11) is 0. The van der Waals surface area contributed by atoms with E-state index in [1.807, 2.05) is 0 Å². The monoisotopic (exact) mass is 151 g/mol. The molecule has 0 saturated heterocycles. The highest BCUT2D eigenvalue weighted by atomic mass is 14.4. The maximum Gasteiger partial charge on any atom is 0.0689 e. The molecule has 0 amide bonds. The van der Waals surface area contributed by atoms with Crippen LogP contribution in [0.25, 0.3) is 0 Å². The molecule has 0 unspecified atom stereocenters. The van der Waals surface area contributed by atoms with Crippen LogP contribution in [-0.4, -0.2) is 0 Å². The lowest BCUT2D eigenvalue weighted by Crippen LogP contribution is -2.16. The summed E-state index contributed by atoms with van der Waals surface area (Å²) in [5.74, 6) is 0.674. The summed E-state index contributed by atoms with van der Waals surface area (Å²) in [6, 6.07) is 2.51. The molecule has 0 radical (unpaired) electrons. The van der Waals surface area contributed by atoms with Gasteiger partial charge in [0.25, 0.3) is 0 Å². The summed E-state index contributed by atoms with van der Waals surface area (Å²) < 4.78 is 0. The number of nitrogens with zero attached hydrogens (tertiary/aromatic N) is 1. The highest BCUT2D eigenvalue weighted by Crippen LogP contribution is 2.42. The molecule has 0 atom stereocenters. The maximum atomic E-state index is 9.02. The standard InChI is InChI=1S/C10H17N/c1-9(2)7-10(8-11)5-3-4-6-10/h9H,3-7H2,1-2H3. The Hall–Kier alpha value is -0.510. The van der Waals surface area contributed by atoms with Gasteiger partial charge >= 0.3 is 0 Å². The second kappa shape index (κ2) is 3.26. The van der Waals surface area contributed by atoms with Gasteiger partial charge in [-0.1, -0.05) is 26.7 Å². The summed E-state index contributed by atoms with van der Waals surface area (Å²) in [4.78, 5) is 0. The van der Waals surface area contributed by atoms with Gasteiger partial charge in [0.15, 0.2) is 0 Å². The van der Waals surface area contributed by atoms with E-state index in [0.29, 0.717) is 5.92 Å². The SMILES string of the molecule is CC(C)CC1(C#N)CCCC1. The molecule has 1 rings (SSSR count). The van der Waals surface area contributed by atoms with Crippen LogP contribution >= 0.6 is 0 Å². The minimum Gasteiger partial charge on any atom is -0.198 e. The van der Waals surface area contributed by atoms with E-state index in [0.717, 1.165) is 19.3 Å². The van der Waals surface area contributed by atoms with Crippen molar-refractivity contribution in [2.45, 2.75) is 46.0 Å². The Morgan fingerprint density at radius 3 is 2.27 bits per heavy atom. The lowest BCUT2D eigenvalue weighted by Gasteiger charge is -2.21. The van der Waals surface area contributed by atoms with Gasteiger partial charge in [0.1, 0.15) is 0 Å². The number of rotatable bonds is 2. The van der Waals surface area contributed by atoms with Crippen molar-refractivity contribution in [2.75, 3.05) is 0 Å². The molecular weight excluding hydrogens is 134 g/mol. The fourth-order valence-electron chi connectivity index (χ4n) is 2.19. The summed E-state index contributed by atoms with van der Waals surface area (Å²) in [5.41, 5.74) is 0.0637. The fraction of sp³-hybridized carbons (Fsp3) is 0.900. The molecule has 11 heavy (non-hydrogen) atoms. The third-order valence-electron chi connectivity index (χ3n) is 2.60. The van der Waals surface area contributed by atoms with Crippen molar-refractivity contribution in [3.63, 3.8) is 0 Å². The molecule has 0 aromatic rings. The zero-order valence-electron chi connectivity index (χ0n) is 7.56. The maximum absolute atomic E-state index is 9.02. The van der Waals surface area contributed by atoms with Gasteiger partial charge in [-0.3, -0.25) is 0 Å². The molecule has 1 fully saturated rings. The summed E-state index contributed by atoms with van der Waals surface area (Å²) >= 11 is 0. The van der Waals surface area contributed by atoms with Crippen molar-refractivity contribution in [3.05, 3.63) is 0 Å². The average molecular weight is 151 g/mol. The molecule has 0 aromatic heterocycles. The van der Waals surface area contributed by atoms with E-state index < -0.39 is 0 Å². The molecule has 0 heterocycles. The number of nitriles is 1. The second-order valence-corrected chi connectivity index (χ2v) is 4.20. The van der Waals surface area contributed by atoms with Crippen molar-refractivity contribution < 1.29 is 0 Å². The minimum atomic E-state index is 0.0637. The van der Waals surface area contributed by atoms with E-state index in [2.05, 4.69) is 19.9 Å². The largest absolute Gasteiger partial charge is 0.198 e. The Bertz CT molecular complexity index is 158. The van der Waals surface area contributed by atoms with E-state index >= 15 is 0 Å². The van der Waals surface area contributed by atoms with Gasteiger partial charge < -0.3 is 0 Å². The van der Waals surface area contributed by atoms with Gasteiger partial charge in [-0.05, 0) is 25.2 Å². The van der Waals surface area contributed by atoms with Gasteiger partial charge in [-0.25, -0.2) is 0 Å². The predicted molar refractivity (Wildman–Crippen MR) is 46.0 cm³/mol. The molecule has 1 aliphatic rings. The lowest BCUT2D eigenvalue weighted by atomic mass is 9.80. The molecule has 1 nitrogen and oxygen atoms in total. The normalized spacial score (nSPS) is 22.0. The first kappa shape index (κ1) is 8.59. The first-order valence-electron chi connectivity index (χ1n) is 4.60. The summed E-state index contributed by atoms with van der Waals surface area (Å²) in [6.07, 6.45) is 5.91. The second-order valence-electron chi connectivity index (χ2n) is 4.20. The third-order valence-corrected chi connectivity index (χ3v) is 2.60. The Balaban J connectivity index is 2.54. The van der Waals surface area contributed by atoms with Crippen LogP contribution in [0, 0.1) is 22.7 Å². The molecule has 0 aromatic carbocycles.